The van der Waals surface area contributed by atoms with Crippen molar-refractivity contribution in [2.45, 2.75) is 83.5 Å². The van der Waals surface area contributed by atoms with Crippen LogP contribution in [0.1, 0.15) is 83.0 Å². The van der Waals surface area contributed by atoms with E-state index in [0.29, 0.717) is 30.4 Å². The molecule has 1 unspecified atom stereocenters. The first-order valence-corrected chi connectivity index (χ1v) is 18.1. The number of carbonyl (C=O) groups excluding carboxylic acids is 1. The summed E-state index contributed by atoms with van der Waals surface area (Å²) in [6.07, 6.45) is 15.3. The summed E-state index contributed by atoms with van der Waals surface area (Å²) in [6, 6.07) is 5.37. The molecule has 0 saturated heterocycles. The van der Waals surface area contributed by atoms with Crippen LogP contribution in [0.5, 0.6) is 5.75 Å². The molecule has 7 atom stereocenters. The van der Waals surface area contributed by atoms with Crippen molar-refractivity contribution < 1.29 is 22.7 Å². The predicted molar refractivity (Wildman–Crippen MR) is 176 cm³/mol. The van der Waals surface area contributed by atoms with Gasteiger partial charge in [-0.05, 0) is 101 Å². The summed E-state index contributed by atoms with van der Waals surface area (Å²) < 4.78 is 41.9. The van der Waals surface area contributed by atoms with Gasteiger partial charge in [-0.15, -0.1) is 0 Å². The summed E-state index contributed by atoms with van der Waals surface area (Å²) >= 11 is 6.52. The fraction of sp³-hybridized carbons (Fsp3) is 0.629. The third-order valence-electron chi connectivity index (χ3n) is 12.1. The second-order valence-electron chi connectivity index (χ2n) is 14.4. The minimum atomic E-state index is -3.90. The number of ether oxygens (including phenoxy) is 2. The molecule has 240 valence electrons. The van der Waals surface area contributed by atoms with Crippen molar-refractivity contribution in [3.63, 3.8) is 0 Å². The van der Waals surface area contributed by atoms with Crippen molar-refractivity contribution in [1.29, 1.82) is 0 Å². The van der Waals surface area contributed by atoms with Crippen LogP contribution in [-0.2, 0) is 14.8 Å². The lowest BCUT2D eigenvalue weighted by molar-refractivity contribution is -0.0630. The van der Waals surface area contributed by atoms with E-state index >= 15 is 0 Å². The Bertz CT molecular complexity index is 1520. The van der Waals surface area contributed by atoms with Gasteiger partial charge in [-0.3, -0.25) is 4.79 Å². The molecule has 2 heterocycles. The number of anilines is 1. The Kier molecular flexibility index (Phi) is 8.28. The predicted octanol–water partition coefficient (Wildman–Crippen LogP) is 6.99. The summed E-state index contributed by atoms with van der Waals surface area (Å²) in [5.74, 6) is 0.650. The molecule has 2 aliphatic heterocycles. The van der Waals surface area contributed by atoms with E-state index in [-0.39, 0.29) is 16.7 Å². The molecule has 6 rings (SSSR count). The maximum Gasteiger partial charge on any atom is 0.264 e. The van der Waals surface area contributed by atoms with Gasteiger partial charge in [-0.2, -0.15) is 0 Å². The highest BCUT2D eigenvalue weighted by Crippen LogP contribution is 2.60. The maximum absolute atomic E-state index is 13.5. The first-order chi connectivity index (χ1) is 20.8. The van der Waals surface area contributed by atoms with Crippen LogP contribution in [0.2, 0.25) is 0 Å². The number of hydrogen-bond acceptors (Lipinski definition) is 6. The second kappa shape index (κ2) is 11.5. The van der Waals surface area contributed by atoms with Gasteiger partial charge >= 0.3 is 0 Å². The first kappa shape index (κ1) is 31.7. The van der Waals surface area contributed by atoms with E-state index in [1.54, 1.807) is 20.1 Å². The quantitative estimate of drug-likeness (QED) is 0.333. The summed E-state index contributed by atoms with van der Waals surface area (Å²) in [4.78, 5) is 15.9. The fourth-order valence-corrected chi connectivity index (χ4v) is 9.96. The van der Waals surface area contributed by atoms with E-state index in [1.807, 2.05) is 19.1 Å². The highest BCUT2D eigenvalue weighted by atomic mass is 35.5. The molecule has 0 aromatic heterocycles. The van der Waals surface area contributed by atoms with Crippen LogP contribution in [-0.4, -0.2) is 52.0 Å². The number of amides is 1. The van der Waals surface area contributed by atoms with Gasteiger partial charge in [0.15, 0.2) is 0 Å². The molecular formula is C35H47ClN2O5S. The average Bonchev–Trinajstić information content (AvgIpc) is 3.12. The molecule has 2 saturated carbocycles. The lowest BCUT2D eigenvalue weighted by Gasteiger charge is -2.55. The van der Waals surface area contributed by atoms with Gasteiger partial charge in [0, 0.05) is 41.6 Å². The third kappa shape index (κ3) is 5.32. The number of sulfonamides is 1. The van der Waals surface area contributed by atoms with Gasteiger partial charge < -0.3 is 14.4 Å². The molecule has 2 bridgehead atoms. The lowest BCUT2D eigenvalue weighted by atomic mass is 9.52. The van der Waals surface area contributed by atoms with Crippen molar-refractivity contribution in [3.8, 4) is 5.75 Å². The maximum atomic E-state index is 13.5. The molecular weight excluding hydrogens is 596 g/mol. The number of fused-ring (bicyclic) bond motifs is 4. The highest BCUT2D eigenvalue weighted by Gasteiger charge is 2.55. The zero-order chi connectivity index (χ0) is 31.5. The average molecular weight is 643 g/mol. The van der Waals surface area contributed by atoms with E-state index < -0.39 is 26.8 Å². The number of halogens is 1. The molecule has 1 aromatic rings. The number of hydrogen-bond donors (Lipinski definition) is 1. The Morgan fingerprint density at radius 2 is 1.98 bits per heavy atom. The minimum absolute atomic E-state index is 0.106. The standard InChI is InChI=1S/C35H47ClN2O5S/c1-23-8-6-15-34(4,42-5)29-12-10-26(29)20-38-21-35(16-7-9-27-19-28(36)14-17-33(27,35)3)22-43-31-13-11-25(18-30(31)38)32(39)37-44(40,41)24(23)2/h6,11,13-15,18-19,23-24,26,29H,7-10,12,16-17,20-22H2,1-5H3,(H,37,39)/b15-6+/t23-,24+,26-,29+,33?,34+,35-/m0/s1. The lowest BCUT2D eigenvalue weighted by Crippen LogP contribution is -2.56. The SMILES string of the molecule is CO[C@]1(C)/C=C/C[C@H](C)[C@@H](C)S(=O)(=O)NC(=O)c2ccc3c(c2)N(C[C@@H]2CC[C@H]21)C[C@@]1(CCCC2=CC(Cl)=CCC21C)CO3. The number of allylic oxidation sites excluding steroid dienone is 5. The van der Waals surface area contributed by atoms with E-state index in [9.17, 15) is 13.2 Å². The molecule has 2 fully saturated rings. The summed E-state index contributed by atoms with van der Waals surface area (Å²) in [5.41, 5.74) is 1.84. The third-order valence-corrected chi connectivity index (χ3v) is 14.3. The van der Waals surface area contributed by atoms with Crippen LogP contribution in [0, 0.1) is 28.6 Å². The number of benzene rings is 1. The van der Waals surface area contributed by atoms with E-state index in [1.165, 1.54) is 5.57 Å². The first-order valence-electron chi connectivity index (χ1n) is 16.2. The normalized spacial score (nSPS) is 39.3. The van der Waals surface area contributed by atoms with E-state index in [2.05, 4.69) is 47.8 Å². The minimum Gasteiger partial charge on any atom is -0.491 e. The van der Waals surface area contributed by atoms with E-state index in [0.717, 1.165) is 68.1 Å². The van der Waals surface area contributed by atoms with Gasteiger partial charge in [0.1, 0.15) is 5.75 Å². The highest BCUT2D eigenvalue weighted by molar-refractivity contribution is 7.90. The molecule has 5 aliphatic rings. The largest absolute Gasteiger partial charge is 0.491 e. The summed E-state index contributed by atoms with van der Waals surface area (Å²) in [6.45, 7) is 10.3. The van der Waals surface area contributed by atoms with Crippen LogP contribution in [0.4, 0.5) is 5.69 Å². The van der Waals surface area contributed by atoms with Crippen molar-refractivity contribution in [2.75, 3.05) is 31.7 Å². The molecule has 1 N–H and O–H groups in total. The Hall–Kier alpha value is -2.29. The van der Waals surface area contributed by atoms with Crippen molar-refractivity contribution in [2.24, 2.45) is 28.6 Å². The smallest absolute Gasteiger partial charge is 0.264 e. The topological polar surface area (TPSA) is 84.9 Å². The number of methoxy groups -OCH3 is 1. The van der Waals surface area contributed by atoms with Crippen LogP contribution >= 0.6 is 11.6 Å². The van der Waals surface area contributed by atoms with Crippen molar-refractivity contribution in [1.82, 2.24) is 4.72 Å². The zero-order valence-corrected chi connectivity index (χ0v) is 28.3. The Morgan fingerprint density at radius 1 is 1.18 bits per heavy atom. The van der Waals surface area contributed by atoms with Gasteiger partial charge in [0.25, 0.3) is 5.91 Å². The molecule has 1 amide bonds. The zero-order valence-electron chi connectivity index (χ0n) is 26.7. The molecule has 44 heavy (non-hydrogen) atoms. The van der Waals surface area contributed by atoms with Crippen LogP contribution in [0.15, 0.2) is 53.1 Å². The Labute approximate surface area is 268 Å². The van der Waals surface area contributed by atoms with Crippen molar-refractivity contribution >= 4 is 33.2 Å². The number of carbonyl (C=O) groups is 1. The Morgan fingerprint density at radius 3 is 2.70 bits per heavy atom. The van der Waals surface area contributed by atoms with Crippen LogP contribution in [0.25, 0.3) is 0 Å². The Balaban J connectivity index is 1.44. The second-order valence-corrected chi connectivity index (χ2v) is 16.9. The monoisotopic (exact) mass is 642 g/mol. The molecule has 1 aromatic carbocycles. The number of nitrogens with zero attached hydrogens (tertiary/aromatic N) is 1. The molecule has 7 nitrogen and oxygen atoms in total. The van der Waals surface area contributed by atoms with Crippen LogP contribution < -0.4 is 14.4 Å². The fourth-order valence-electron chi connectivity index (χ4n) is 8.47. The summed E-state index contributed by atoms with van der Waals surface area (Å²) in [5, 5.41) is 0.0676. The van der Waals surface area contributed by atoms with Crippen molar-refractivity contribution in [3.05, 3.63) is 58.7 Å². The van der Waals surface area contributed by atoms with E-state index in [4.69, 9.17) is 21.1 Å². The van der Waals surface area contributed by atoms with Gasteiger partial charge in [-0.1, -0.05) is 49.2 Å². The molecule has 3 aliphatic carbocycles. The number of rotatable bonds is 1. The van der Waals surface area contributed by atoms with Crippen LogP contribution in [0.3, 0.4) is 0 Å². The summed E-state index contributed by atoms with van der Waals surface area (Å²) in [7, 11) is -2.12. The van der Waals surface area contributed by atoms with Gasteiger partial charge in [-0.25, -0.2) is 13.1 Å². The van der Waals surface area contributed by atoms with Gasteiger partial charge in [0.2, 0.25) is 10.0 Å². The molecule has 9 heteroatoms. The number of nitrogens with one attached hydrogen (secondary N) is 1. The molecule has 0 radical (unpaired) electrons. The van der Waals surface area contributed by atoms with Gasteiger partial charge in [0.05, 0.1) is 23.1 Å². The molecule has 1 spiro atoms.